The van der Waals surface area contributed by atoms with Crippen LogP contribution < -0.4 is 5.32 Å². The van der Waals surface area contributed by atoms with E-state index in [0.29, 0.717) is 12.0 Å². The molecule has 1 aromatic carbocycles. The molecule has 1 N–H and O–H groups in total. The van der Waals surface area contributed by atoms with Crippen LogP contribution in [0.15, 0.2) is 18.2 Å². The molecular formula is C14H19F4N. The van der Waals surface area contributed by atoms with E-state index >= 15 is 0 Å². The summed E-state index contributed by atoms with van der Waals surface area (Å²) in [6.45, 7) is 2.06. The van der Waals surface area contributed by atoms with Crippen LogP contribution in [0.5, 0.6) is 0 Å². The zero-order chi connectivity index (χ0) is 14.5. The molecule has 5 heteroatoms. The van der Waals surface area contributed by atoms with Gasteiger partial charge in [-0.25, -0.2) is 4.39 Å². The van der Waals surface area contributed by atoms with E-state index in [-0.39, 0.29) is 6.04 Å². The first-order chi connectivity index (χ1) is 8.88. The summed E-state index contributed by atoms with van der Waals surface area (Å²) in [6.07, 6.45) is -1.39. The third-order valence-electron chi connectivity index (χ3n) is 3.16. The molecule has 19 heavy (non-hydrogen) atoms. The first kappa shape index (κ1) is 16.0. The lowest BCUT2D eigenvalue weighted by Crippen LogP contribution is -2.25. The van der Waals surface area contributed by atoms with E-state index < -0.39 is 17.6 Å². The maximum atomic E-state index is 13.1. The summed E-state index contributed by atoms with van der Waals surface area (Å²) in [6, 6.07) is 3.51. The molecule has 0 heterocycles. The average molecular weight is 277 g/mol. The molecule has 1 nitrogen and oxygen atoms in total. The highest BCUT2D eigenvalue weighted by atomic mass is 19.4. The van der Waals surface area contributed by atoms with Gasteiger partial charge in [-0.15, -0.1) is 0 Å². The summed E-state index contributed by atoms with van der Waals surface area (Å²) in [5.41, 5.74) is -0.661. The summed E-state index contributed by atoms with van der Waals surface area (Å²) < 4.78 is 50.8. The van der Waals surface area contributed by atoms with Crippen molar-refractivity contribution in [2.45, 2.75) is 44.8 Å². The van der Waals surface area contributed by atoms with E-state index in [9.17, 15) is 17.6 Å². The maximum Gasteiger partial charge on any atom is 0.419 e. The van der Waals surface area contributed by atoms with Crippen molar-refractivity contribution in [1.29, 1.82) is 0 Å². The quantitative estimate of drug-likeness (QED) is 0.770. The van der Waals surface area contributed by atoms with E-state index in [4.69, 9.17) is 0 Å². The van der Waals surface area contributed by atoms with Crippen LogP contribution in [-0.2, 0) is 12.6 Å². The smallest absolute Gasteiger partial charge is 0.317 e. The molecule has 0 bridgehead atoms. The van der Waals surface area contributed by atoms with Crippen LogP contribution in [0.1, 0.15) is 37.3 Å². The van der Waals surface area contributed by atoms with Gasteiger partial charge in [0.15, 0.2) is 0 Å². The molecule has 1 aromatic rings. The minimum Gasteiger partial charge on any atom is -0.317 e. The topological polar surface area (TPSA) is 12.0 Å². The monoisotopic (exact) mass is 277 g/mol. The fourth-order valence-corrected chi connectivity index (χ4v) is 2.07. The molecule has 0 aliphatic rings. The Hall–Kier alpha value is -1.10. The molecule has 1 rings (SSSR count). The number of hydrogen-bond acceptors (Lipinski definition) is 1. The molecule has 0 saturated heterocycles. The third-order valence-corrected chi connectivity index (χ3v) is 3.16. The first-order valence-corrected chi connectivity index (χ1v) is 6.41. The summed E-state index contributed by atoms with van der Waals surface area (Å²) in [7, 11) is 1.84. The fraction of sp³-hybridized carbons (Fsp3) is 0.571. The van der Waals surface area contributed by atoms with Crippen molar-refractivity contribution < 1.29 is 17.6 Å². The van der Waals surface area contributed by atoms with Gasteiger partial charge < -0.3 is 5.32 Å². The Balaban J connectivity index is 2.75. The van der Waals surface area contributed by atoms with Crippen LogP contribution in [0.2, 0.25) is 0 Å². The third kappa shape index (κ3) is 4.82. The van der Waals surface area contributed by atoms with Gasteiger partial charge in [0, 0.05) is 6.04 Å². The highest BCUT2D eigenvalue weighted by molar-refractivity contribution is 5.27. The van der Waals surface area contributed by atoms with Gasteiger partial charge in [-0.1, -0.05) is 19.4 Å². The van der Waals surface area contributed by atoms with Crippen molar-refractivity contribution in [3.05, 3.63) is 35.1 Å². The second-order valence-electron chi connectivity index (χ2n) is 4.62. The lowest BCUT2D eigenvalue weighted by Gasteiger charge is -2.15. The summed E-state index contributed by atoms with van der Waals surface area (Å²) in [4.78, 5) is 0. The molecule has 0 fully saturated rings. The second kappa shape index (κ2) is 6.89. The van der Waals surface area contributed by atoms with Crippen molar-refractivity contribution >= 4 is 0 Å². The first-order valence-electron chi connectivity index (χ1n) is 6.41. The van der Waals surface area contributed by atoms with Gasteiger partial charge in [0.25, 0.3) is 0 Å². The second-order valence-corrected chi connectivity index (χ2v) is 4.62. The van der Waals surface area contributed by atoms with Crippen LogP contribution >= 0.6 is 0 Å². The number of halogens is 4. The van der Waals surface area contributed by atoms with Gasteiger partial charge >= 0.3 is 6.18 Å². The fourth-order valence-electron chi connectivity index (χ4n) is 2.07. The Labute approximate surface area is 111 Å². The van der Waals surface area contributed by atoms with E-state index in [0.717, 1.165) is 31.4 Å². The van der Waals surface area contributed by atoms with Gasteiger partial charge in [-0.05, 0) is 44.0 Å². The summed E-state index contributed by atoms with van der Waals surface area (Å²) >= 11 is 0. The average Bonchev–Trinajstić information content (AvgIpc) is 2.34. The van der Waals surface area contributed by atoms with E-state index in [2.05, 4.69) is 12.2 Å². The number of hydrogen-bond donors (Lipinski definition) is 1. The molecule has 108 valence electrons. The minimum atomic E-state index is -4.63. The predicted molar refractivity (Wildman–Crippen MR) is 67.5 cm³/mol. The lowest BCUT2D eigenvalue weighted by molar-refractivity contribution is -0.140. The molecule has 0 saturated carbocycles. The lowest BCUT2D eigenvalue weighted by atomic mass is 10.0. The molecule has 0 aliphatic heterocycles. The summed E-state index contributed by atoms with van der Waals surface area (Å²) in [5, 5.41) is 3.13. The zero-order valence-electron chi connectivity index (χ0n) is 11.1. The Bertz CT molecular complexity index is 401. The summed E-state index contributed by atoms with van der Waals surface area (Å²) in [5.74, 6) is -1.21. The molecule has 0 aromatic heterocycles. The van der Waals surface area contributed by atoms with Crippen molar-refractivity contribution in [1.82, 2.24) is 5.32 Å². The van der Waals surface area contributed by atoms with E-state index in [1.165, 1.54) is 6.07 Å². The van der Waals surface area contributed by atoms with Crippen LogP contribution in [0.3, 0.4) is 0 Å². The highest BCUT2D eigenvalue weighted by Crippen LogP contribution is 2.32. The van der Waals surface area contributed by atoms with Crippen molar-refractivity contribution in [3.63, 3.8) is 0 Å². The maximum absolute atomic E-state index is 13.1. The van der Waals surface area contributed by atoms with Crippen LogP contribution in [0, 0.1) is 5.82 Å². The van der Waals surface area contributed by atoms with Crippen molar-refractivity contribution in [3.8, 4) is 0 Å². The predicted octanol–water partition coefficient (Wildman–Crippen LogP) is 4.17. The molecule has 0 amide bonds. The normalized spacial score (nSPS) is 13.6. The molecule has 1 atom stereocenters. The largest absolute Gasteiger partial charge is 0.419 e. The van der Waals surface area contributed by atoms with Crippen LogP contribution in [0.4, 0.5) is 17.6 Å². The van der Waals surface area contributed by atoms with Crippen LogP contribution in [-0.4, -0.2) is 13.1 Å². The Morgan fingerprint density at radius 3 is 2.42 bits per heavy atom. The number of rotatable bonds is 6. The molecular weight excluding hydrogens is 258 g/mol. The van der Waals surface area contributed by atoms with Gasteiger partial charge in [0.05, 0.1) is 5.56 Å². The Kier molecular flexibility index (Phi) is 5.79. The van der Waals surface area contributed by atoms with E-state index in [1.54, 1.807) is 0 Å². The molecule has 0 radical (unpaired) electrons. The van der Waals surface area contributed by atoms with Gasteiger partial charge in [0.1, 0.15) is 5.82 Å². The van der Waals surface area contributed by atoms with Gasteiger partial charge in [-0.2, -0.15) is 13.2 Å². The standard InChI is InChI=1S/C14H19F4N/c1-3-4-11(19-2)7-5-10-6-8-13(15)12(9-10)14(16,17)18/h6,8-9,11,19H,3-5,7H2,1-2H3. The van der Waals surface area contributed by atoms with Crippen molar-refractivity contribution in [2.24, 2.45) is 0 Å². The van der Waals surface area contributed by atoms with E-state index in [1.807, 2.05) is 7.05 Å². The van der Waals surface area contributed by atoms with Crippen LogP contribution in [0.25, 0.3) is 0 Å². The Morgan fingerprint density at radius 1 is 1.21 bits per heavy atom. The molecule has 0 aliphatic carbocycles. The van der Waals surface area contributed by atoms with Gasteiger partial charge in [-0.3, -0.25) is 0 Å². The number of alkyl halides is 3. The number of aryl methyl sites for hydroxylation is 1. The van der Waals surface area contributed by atoms with Crippen molar-refractivity contribution in [2.75, 3.05) is 7.05 Å². The highest BCUT2D eigenvalue weighted by Gasteiger charge is 2.34. The minimum absolute atomic E-state index is 0.282. The Morgan fingerprint density at radius 2 is 1.89 bits per heavy atom. The number of nitrogens with one attached hydrogen (secondary N) is 1. The van der Waals surface area contributed by atoms with Gasteiger partial charge in [0.2, 0.25) is 0 Å². The molecule has 0 spiro atoms. The number of benzene rings is 1. The zero-order valence-corrected chi connectivity index (χ0v) is 11.1. The molecule has 1 unspecified atom stereocenters. The SMILES string of the molecule is CCCC(CCc1ccc(F)c(C(F)(F)F)c1)NC.